The molecule has 1 amide bonds. The number of morpholine rings is 1. The van der Waals surface area contributed by atoms with Gasteiger partial charge in [-0.3, -0.25) is 4.90 Å². The molecule has 2 aromatic rings. The molecule has 2 aliphatic heterocycles. The summed E-state index contributed by atoms with van der Waals surface area (Å²) in [5.74, 6) is -1.90. The third-order valence-electron chi connectivity index (χ3n) is 5.81. The number of carbonyl (C=O) groups excluding carboxylic acids is 1. The Morgan fingerprint density at radius 1 is 1.17 bits per heavy atom. The minimum Gasteiger partial charge on any atom is -0.445 e. The van der Waals surface area contributed by atoms with Crippen LogP contribution in [0, 0.1) is 18.6 Å². The van der Waals surface area contributed by atoms with Crippen molar-refractivity contribution in [1.29, 1.82) is 0 Å². The summed E-state index contributed by atoms with van der Waals surface area (Å²) in [6.07, 6.45) is -0.137. The molecule has 2 atom stereocenters. The predicted molar refractivity (Wildman–Crippen MR) is 101 cm³/mol. The number of fused-ring (bicyclic) bond motifs is 2. The van der Waals surface area contributed by atoms with E-state index in [0.29, 0.717) is 5.56 Å². The third-order valence-corrected chi connectivity index (χ3v) is 5.81. The molecule has 2 unspecified atom stereocenters. The average molecular weight is 403 g/mol. The summed E-state index contributed by atoms with van der Waals surface area (Å²) >= 11 is 0. The van der Waals surface area contributed by atoms with Gasteiger partial charge in [0.15, 0.2) is 11.6 Å². The van der Waals surface area contributed by atoms with Crippen molar-refractivity contribution in [1.82, 2.24) is 4.90 Å². The lowest BCUT2D eigenvalue weighted by atomic mass is 9.75. The molecule has 4 rings (SSSR count). The maximum absolute atomic E-state index is 14.1. The molecule has 0 spiro atoms. The lowest BCUT2D eigenvalue weighted by molar-refractivity contribution is -0.137. The van der Waals surface area contributed by atoms with Crippen LogP contribution in [0.25, 0.3) is 0 Å². The first-order valence-corrected chi connectivity index (χ1v) is 9.63. The second kappa shape index (κ2) is 7.72. The number of hydrogen-bond acceptors (Lipinski definition) is 4. The van der Waals surface area contributed by atoms with E-state index in [0.717, 1.165) is 11.6 Å². The molecule has 5 nitrogen and oxygen atoms in total. The summed E-state index contributed by atoms with van der Waals surface area (Å²) in [6, 6.07) is 11.0. The van der Waals surface area contributed by atoms with Crippen molar-refractivity contribution in [2.75, 3.05) is 13.2 Å². The van der Waals surface area contributed by atoms with Gasteiger partial charge in [0.05, 0.1) is 30.9 Å². The van der Waals surface area contributed by atoms with Crippen LogP contribution in [0.4, 0.5) is 13.6 Å². The Morgan fingerprint density at radius 3 is 2.48 bits per heavy atom. The van der Waals surface area contributed by atoms with E-state index in [1.54, 1.807) is 4.90 Å². The summed E-state index contributed by atoms with van der Waals surface area (Å²) in [7, 11) is 0. The highest BCUT2D eigenvalue weighted by molar-refractivity contribution is 5.69. The van der Waals surface area contributed by atoms with Gasteiger partial charge in [0.2, 0.25) is 0 Å². The fourth-order valence-electron chi connectivity index (χ4n) is 4.44. The molecule has 0 radical (unpaired) electrons. The largest absolute Gasteiger partial charge is 0.445 e. The number of piperidine rings is 1. The lowest BCUT2D eigenvalue weighted by Gasteiger charge is -2.51. The Kier molecular flexibility index (Phi) is 5.27. The van der Waals surface area contributed by atoms with E-state index >= 15 is 0 Å². The Morgan fingerprint density at radius 2 is 1.83 bits per heavy atom. The fourth-order valence-corrected chi connectivity index (χ4v) is 4.44. The summed E-state index contributed by atoms with van der Waals surface area (Å²) < 4.78 is 38.7. The van der Waals surface area contributed by atoms with Crippen molar-refractivity contribution in [3.8, 4) is 0 Å². The first-order chi connectivity index (χ1) is 13.9. The molecule has 2 bridgehead atoms. The molecule has 2 heterocycles. The lowest BCUT2D eigenvalue weighted by Crippen LogP contribution is -2.62. The quantitative estimate of drug-likeness (QED) is 0.850. The number of benzene rings is 2. The number of amides is 1. The van der Waals surface area contributed by atoms with E-state index < -0.39 is 35.4 Å². The third kappa shape index (κ3) is 3.72. The standard InChI is InChI=1S/C22H23F2NO4/c1-14-18(7-8-19(23)20(14)24)22(27)9-16-12-28-13-17(10-22)25(16)21(26)29-11-15-5-3-2-4-6-15/h2-8,16-17,27H,9-13H2,1H3. The van der Waals surface area contributed by atoms with Crippen molar-refractivity contribution < 1.29 is 28.2 Å². The zero-order valence-electron chi connectivity index (χ0n) is 16.1. The first-order valence-electron chi connectivity index (χ1n) is 9.63. The van der Waals surface area contributed by atoms with Gasteiger partial charge in [-0.1, -0.05) is 36.4 Å². The van der Waals surface area contributed by atoms with Crippen LogP contribution in [0.1, 0.15) is 29.5 Å². The van der Waals surface area contributed by atoms with Crippen LogP contribution in [0.2, 0.25) is 0 Å². The van der Waals surface area contributed by atoms with E-state index in [4.69, 9.17) is 9.47 Å². The second-order valence-corrected chi connectivity index (χ2v) is 7.77. The molecule has 1 N–H and O–H groups in total. The van der Waals surface area contributed by atoms with Crippen LogP contribution in [0.15, 0.2) is 42.5 Å². The zero-order chi connectivity index (χ0) is 20.6. The number of aliphatic hydroxyl groups is 1. The molecule has 2 fully saturated rings. The highest BCUT2D eigenvalue weighted by Gasteiger charge is 2.50. The predicted octanol–water partition coefficient (Wildman–Crippen LogP) is 3.66. The molecule has 0 aliphatic carbocycles. The summed E-state index contributed by atoms with van der Waals surface area (Å²) in [6.45, 7) is 2.12. The molecule has 154 valence electrons. The molecule has 29 heavy (non-hydrogen) atoms. The van der Waals surface area contributed by atoms with Crippen molar-refractivity contribution >= 4 is 6.09 Å². The Bertz CT molecular complexity index is 891. The number of nitrogens with zero attached hydrogens (tertiary/aromatic N) is 1. The van der Waals surface area contributed by atoms with Crippen LogP contribution < -0.4 is 0 Å². The number of ether oxygens (including phenoxy) is 2. The van der Waals surface area contributed by atoms with E-state index in [1.165, 1.54) is 13.0 Å². The zero-order valence-corrected chi connectivity index (χ0v) is 16.1. The smallest absolute Gasteiger partial charge is 0.410 e. The van der Waals surface area contributed by atoms with Crippen LogP contribution >= 0.6 is 0 Å². The van der Waals surface area contributed by atoms with Gasteiger partial charge in [0.25, 0.3) is 0 Å². The molecule has 2 saturated heterocycles. The number of halogens is 2. The molecule has 7 heteroatoms. The molecule has 2 aliphatic rings. The Balaban J connectivity index is 1.53. The van der Waals surface area contributed by atoms with Crippen molar-refractivity contribution in [2.45, 2.75) is 44.1 Å². The van der Waals surface area contributed by atoms with Crippen LogP contribution in [0.5, 0.6) is 0 Å². The minimum atomic E-state index is -1.37. The molecule has 0 saturated carbocycles. The van der Waals surface area contributed by atoms with E-state index in [2.05, 4.69) is 0 Å². The van der Waals surface area contributed by atoms with Gasteiger partial charge in [0.1, 0.15) is 6.61 Å². The topological polar surface area (TPSA) is 59.0 Å². The van der Waals surface area contributed by atoms with E-state index in [9.17, 15) is 18.7 Å². The van der Waals surface area contributed by atoms with Crippen molar-refractivity contribution in [2.24, 2.45) is 0 Å². The Labute approximate surface area is 167 Å². The van der Waals surface area contributed by atoms with Gasteiger partial charge in [-0.15, -0.1) is 0 Å². The van der Waals surface area contributed by atoms with Crippen LogP contribution in [0.3, 0.4) is 0 Å². The SMILES string of the molecule is Cc1c(C2(O)CC3COCC(C2)N3C(=O)OCc2ccccc2)ccc(F)c1F. The monoisotopic (exact) mass is 403 g/mol. The minimum absolute atomic E-state index is 0.0894. The van der Waals surface area contributed by atoms with Gasteiger partial charge in [-0.2, -0.15) is 0 Å². The summed E-state index contributed by atoms with van der Waals surface area (Å²) in [5, 5.41) is 11.3. The fraction of sp³-hybridized carbons (Fsp3) is 0.409. The van der Waals surface area contributed by atoms with E-state index in [-0.39, 0.29) is 38.2 Å². The Hall–Kier alpha value is -2.51. The first kappa shape index (κ1) is 19.8. The average Bonchev–Trinajstić information content (AvgIpc) is 2.70. The molecular formula is C22H23F2NO4. The number of carbonyl (C=O) groups is 1. The number of rotatable bonds is 3. The summed E-state index contributed by atoms with van der Waals surface area (Å²) in [5.41, 5.74) is -0.0427. The van der Waals surface area contributed by atoms with Gasteiger partial charge in [-0.25, -0.2) is 13.6 Å². The van der Waals surface area contributed by atoms with Gasteiger partial charge in [-0.05, 0) is 29.7 Å². The molecule has 2 aromatic carbocycles. The van der Waals surface area contributed by atoms with Crippen molar-refractivity contribution in [3.05, 3.63) is 70.8 Å². The maximum Gasteiger partial charge on any atom is 0.410 e. The van der Waals surface area contributed by atoms with Crippen LogP contribution in [-0.4, -0.2) is 41.4 Å². The highest BCUT2D eigenvalue weighted by atomic mass is 19.2. The van der Waals surface area contributed by atoms with Gasteiger partial charge in [0, 0.05) is 12.8 Å². The summed E-state index contributed by atoms with van der Waals surface area (Å²) in [4.78, 5) is 14.4. The number of hydrogen-bond donors (Lipinski definition) is 1. The van der Waals surface area contributed by atoms with Gasteiger partial charge < -0.3 is 14.6 Å². The second-order valence-electron chi connectivity index (χ2n) is 7.77. The van der Waals surface area contributed by atoms with Crippen molar-refractivity contribution in [3.63, 3.8) is 0 Å². The maximum atomic E-state index is 14.1. The normalized spacial score (nSPS) is 26.3. The van der Waals surface area contributed by atoms with Crippen LogP contribution in [-0.2, 0) is 21.7 Å². The van der Waals surface area contributed by atoms with Gasteiger partial charge >= 0.3 is 6.09 Å². The molecule has 0 aromatic heterocycles. The molecular weight excluding hydrogens is 380 g/mol. The van der Waals surface area contributed by atoms with E-state index in [1.807, 2.05) is 30.3 Å². The highest BCUT2D eigenvalue weighted by Crippen LogP contribution is 2.43.